The van der Waals surface area contributed by atoms with Crippen molar-refractivity contribution in [1.82, 2.24) is 4.90 Å². The van der Waals surface area contributed by atoms with Gasteiger partial charge >= 0.3 is 6.09 Å². The van der Waals surface area contributed by atoms with Crippen LogP contribution in [0.3, 0.4) is 0 Å². The van der Waals surface area contributed by atoms with Gasteiger partial charge in [-0.25, -0.2) is 4.79 Å². The lowest BCUT2D eigenvalue weighted by Crippen LogP contribution is -2.29. The van der Waals surface area contributed by atoms with Crippen LogP contribution in [0.1, 0.15) is 30.9 Å². The molecule has 1 saturated heterocycles. The van der Waals surface area contributed by atoms with E-state index in [4.69, 9.17) is 16.7 Å². The average Bonchev–Trinajstić information content (AvgIpc) is 2.32. The second kappa shape index (κ2) is 5.59. The van der Waals surface area contributed by atoms with Crippen LogP contribution < -0.4 is 5.32 Å². The summed E-state index contributed by atoms with van der Waals surface area (Å²) in [7, 11) is 2.11. The molecule has 1 fully saturated rings. The first-order valence-corrected chi connectivity index (χ1v) is 6.45. The largest absolute Gasteiger partial charge is 0.465 e. The van der Waals surface area contributed by atoms with Crippen LogP contribution in [0.25, 0.3) is 0 Å². The normalized spacial score (nSPS) is 20.7. The molecule has 0 saturated carbocycles. The Balaban J connectivity index is 2.19. The smallest absolute Gasteiger partial charge is 0.409 e. The summed E-state index contributed by atoms with van der Waals surface area (Å²) >= 11 is 6.10. The van der Waals surface area contributed by atoms with E-state index in [0.29, 0.717) is 16.8 Å². The van der Waals surface area contributed by atoms with Crippen LogP contribution in [0.2, 0.25) is 5.02 Å². The fourth-order valence-electron chi connectivity index (χ4n) is 2.45. The maximum absolute atomic E-state index is 10.6. The minimum atomic E-state index is -1.10. The first-order chi connectivity index (χ1) is 8.58. The highest BCUT2D eigenvalue weighted by atomic mass is 35.5. The van der Waals surface area contributed by atoms with E-state index in [1.54, 1.807) is 6.07 Å². The number of benzene rings is 1. The van der Waals surface area contributed by atoms with Gasteiger partial charge in [-0.05, 0) is 44.1 Å². The molecule has 0 spiro atoms. The minimum absolute atomic E-state index is 0.384. The van der Waals surface area contributed by atoms with Crippen molar-refractivity contribution >= 4 is 23.4 Å². The maximum atomic E-state index is 10.6. The first kappa shape index (κ1) is 13.2. The molecule has 0 aliphatic carbocycles. The molecule has 0 aromatic heterocycles. The van der Waals surface area contributed by atoms with E-state index in [0.717, 1.165) is 18.5 Å². The first-order valence-electron chi connectivity index (χ1n) is 6.07. The Kier molecular flexibility index (Phi) is 4.09. The number of anilines is 1. The second-order valence-electron chi connectivity index (χ2n) is 4.66. The number of halogens is 1. The molecule has 4 nitrogen and oxygen atoms in total. The lowest BCUT2D eigenvalue weighted by Gasteiger charge is -2.33. The Morgan fingerprint density at radius 3 is 2.89 bits per heavy atom. The number of carbonyl (C=O) groups is 1. The summed E-state index contributed by atoms with van der Waals surface area (Å²) in [5, 5.41) is 11.4. The molecule has 18 heavy (non-hydrogen) atoms. The van der Waals surface area contributed by atoms with Crippen molar-refractivity contribution in [3.63, 3.8) is 0 Å². The van der Waals surface area contributed by atoms with E-state index in [9.17, 15) is 4.79 Å². The monoisotopic (exact) mass is 268 g/mol. The average molecular weight is 269 g/mol. The van der Waals surface area contributed by atoms with Crippen LogP contribution in [0.4, 0.5) is 10.5 Å². The standard InChI is InChI=1S/C13H17ClN2O2/c1-16-7-3-2-4-12(16)9-5-6-11(10(14)8-9)15-13(17)18/h5-6,8,12,15H,2-4,7H2,1H3,(H,17,18). The number of amides is 1. The van der Waals surface area contributed by atoms with Gasteiger partial charge in [0.15, 0.2) is 0 Å². The van der Waals surface area contributed by atoms with E-state index in [2.05, 4.69) is 17.3 Å². The van der Waals surface area contributed by atoms with Gasteiger partial charge in [-0.2, -0.15) is 0 Å². The van der Waals surface area contributed by atoms with Crippen LogP contribution in [-0.2, 0) is 0 Å². The molecule has 1 heterocycles. The number of likely N-dealkylation sites (tertiary alicyclic amines) is 1. The third-order valence-electron chi connectivity index (χ3n) is 3.39. The molecule has 1 atom stereocenters. The Morgan fingerprint density at radius 2 is 2.28 bits per heavy atom. The van der Waals surface area contributed by atoms with Gasteiger partial charge in [0.05, 0.1) is 10.7 Å². The number of nitrogens with one attached hydrogen (secondary N) is 1. The van der Waals surface area contributed by atoms with Crippen LogP contribution in [0.5, 0.6) is 0 Å². The lowest BCUT2D eigenvalue weighted by atomic mass is 9.96. The van der Waals surface area contributed by atoms with Crippen molar-refractivity contribution in [1.29, 1.82) is 0 Å². The van der Waals surface area contributed by atoms with Crippen LogP contribution in [-0.4, -0.2) is 29.7 Å². The number of hydrogen-bond donors (Lipinski definition) is 2. The van der Waals surface area contributed by atoms with Crippen LogP contribution in [0, 0.1) is 0 Å². The van der Waals surface area contributed by atoms with E-state index < -0.39 is 6.09 Å². The number of nitrogens with zero attached hydrogens (tertiary/aromatic N) is 1. The Labute approximate surface area is 112 Å². The summed E-state index contributed by atoms with van der Waals surface area (Å²) in [5.74, 6) is 0. The molecule has 98 valence electrons. The quantitative estimate of drug-likeness (QED) is 0.862. The fraction of sp³-hybridized carbons (Fsp3) is 0.462. The molecule has 1 aromatic rings. The van der Waals surface area contributed by atoms with E-state index in [1.807, 2.05) is 12.1 Å². The Hall–Kier alpha value is -1.26. The van der Waals surface area contributed by atoms with Gasteiger partial charge in [-0.1, -0.05) is 24.1 Å². The minimum Gasteiger partial charge on any atom is -0.465 e. The van der Waals surface area contributed by atoms with E-state index >= 15 is 0 Å². The summed E-state index contributed by atoms with van der Waals surface area (Å²) in [6.45, 7) is 1.09. The van der Waals surface area contributed by atoms with Gasteiger partial charge in [-0.3, -0.25) is 10.2 Å². The van der Waals surface area contributed by atoms with Gasteiger partial charge < -0.3 is 5.11 Å². The highest BCUT2D eigenvalue weighted by molar-refractivity contribution is 6.33. The predicted octanol–water partition coefficient (Wildman–Crippen LogP) is 3.59. The summed E-state index contributed by atoms with van der Waals surface area (Å²) in [6, 6.07) is 5.92. The van der Waals surface area contributed by atoms with Gasteiger partial charge in [0.25, 0.3) is 0 Å². The van der Waals surface area contributed by atoms with E-state index in [-0.39, 0.29) is 0 Å². The fourth-order valence-corrected chi connectivity index (χ4v) is 2.69. The zero-order valence-electron chi connectivity index (χ0n) is 10.3. The Morgan fingerprint density at radius 1 is 1.50 bits per heavy atom. The maximum Gasteiger partial charge on any atom is 0.409 e. The van der Waals surface area contributed by atoms with Crippen LogP contribution in [0.15, 0.2) is 18.2 Å². The molecule has 2 rings (SSSR count). The third kappa shape index (κ3) is 2.94. The number of hydrogen-bond acceptors (Lipinski definition) is 2. The van der Waals surface area contributed by atoms with Gasteiger partial charge in [0, 0.05) is 6.04 Å². The zero-order chi connectivity index (χ0) is 13.1. The van der Waals surface area contributed by atoms with Gasteiger partial charge in [0.1, 0.15) is 0 Å². The SMILES string of the molecule is CN1CCCCC1c1ccc(NC(=O)O)c(Cl)c1. The molecule has 5 heteroatoms. The highest BCUT2D eigenvalue weighted by Gasteiger charge is 2.21. The molecule has 2 N–H and O–H groups in total. The van der Waals surface area contributed by atoms with Crippen molar-refractivity contribution in [2.75, 3.05) is 18.9 Å². The molecule has 0 radical (unpaired) electrons. The summed E-state index contributed by atoms with van der Waals surface area (Å²) in [4.78, 5) is 12.9. The summed E-state index contributed by atoms with van der Waals surface area (Å²) < 4.78 is 0. The lowest BCUT2D eigenvalue weighted by molar-refractivity contribution is 0.187. The van der Waals surface area contributed by atoms with Gasteiger partial charge in [0.2, 0.25) is 0 Å². The molecule has 1 aliphatic heterocycles. The molecule has 0 bridgehead atoms. The number of rotatable bonds is 2. The topological polar surface area (TPSA) is 52.6 Å². The molecule has 1 aromatic carbocycles. The molecular weight excluding hydrogens is 252 g/mol. The zero-order valence-corrected chi connectivity index (χ0v) is 11.1. The van der Waals surface area contributed by atoms with Crippen molar-refractivity contribution < 1.29 is 9.90 Å². The molecule has 1 unspecified atom stereocenters. The second-order valence-corrected chi connectivity index (χ2v) is 5.07. The highest BCUT2D eigenvalue weighted by Crippen LogP contribution is 2.33. The number of carboxylic acid groups (broad SMARTS) is 1. The summed E-state index contributed by atoms with van der Waals surface area (Å²) in [6.07, 6.45) is 2.49. The number of piperidine rings is 1. The molecular formula is C13H17ClN2O2. The van der Waals surface area contributed by atoms with Crippen LogP contribution >= 0.6 is 11.6 Å². The van der Waals surface area contributed by atoms with E-state index in [1.165, 1.54) is 12.8 Å². The summed E-state index contributed by atoms with van der Waals surface area (Å²) in [5.41, 5.74) is 1.59. The van der Waals surface area contributed by atoms with Crippen molar-refractivity contribution in [2.45, 2.75) is 25.3 Å². The van der Waals surface area contributed by atoms with Crippen molar-refractivity contribution in [3.8, 4) is 0 Å². The predicted molar refractivity (Wildman–Crippen MR) is 72.3 cm³/mol. The third-order valence-corrected chi connectivity index (χ3v) is 3.70. The molecule has 1 aliphatic rings. The Bertz CT molecular complexity index is 451. The van der Waals surface area contributed by atoms with Crippen molar-refractivity contribution in [2.24, 2.45) is 0 Å². The van der Waals surface area contributed by atoms with Crippen molar-refractivity contribution in [3.05, 3.63) is 28.8 Å². The molecule has 1 amide bonds. The van der Waals surface area contributed by atoms with Gasteiger partial charge in [-0.15, -0.1) is 0 Å².